The van der Waals surface area contributed by atoms with Crippen LogP contribution in [-0.4, -0.2) is 0 Å². The summed E-state index contributed by atoms with van der Waals surface area (Å²) < 4.78 is 28.2. The van der Waals surface area contributed by atoms with E-state index in [1.54, 1.807) is 6.92 Å². The van der Waals surface area contributed by atoms with Gasteiger partial charge >= 0.3 is 0 Å². The minimum absolute atomic E-state index is 0.0610. The van der Waals surface area contributed by atoms with E-state index in [9.17, 15) is 8.78 Å². The molecule has 0 spiro atoms. The fourth-order valence-corrected chi connectivity index (χ4v) is 2.59. The number of benzene rings is 2. The molecule has 1 unspecified atom stereocenters. The Kier molecular flexibility index (Phi) is 4.93. The van der Waals surface area contributed by atoms with Gasteiger partial charge in [0.1, 0.15) is 11.6 Å². The Bertz CT molecular complexity index is 659. The lowest BCUT2D eigenvalue weighted by Gasteiger charge is -2.19. The summed E-state index contributed by atoms with van der Waals surface area (Å²) in [4.78, 5) is 0. The molecule has 0 aliphatic heterocycles. The van der Waals surface area contributed by atoms with Crippen molar-refractivity contribution in [3.63, 3.8) is 0 Å². The van der Waals surface area contributed by atoms with Crippen LogP contribution in [0.2, 0.25) is 5.02 Å². The van der Waals surface area contributed by atoms with Crippen LogP contribution in [0.5, 0.6) is 0 Å². The van der Waals surface area contributed by atoms with Crippen molar-refractivity contribution in [1.29, 1.82) is 0 Å². The second-order valence-corrected chi connectivity index (χ2v) is 5.52. The minimum Gasteiger partial charge on any atom is -0.271 e. The molecule has 0 heterocycles. The molecule has 0 aromatic heterocycles. The zero-order valence-corrected chi connectivity index (χ0v) is 12.6. The van der Waals surface area contributed by atoms with Crippen LogP contribution < -0.4 is 11.3 Å². The van der Waals surface area contributed by atoms with Gasteiger partial charge in [0.25, 0.3) is 0 Å². The van der Waals surface area contributed by atoms with Crippen molar-refractivity contribution >= 4 is 11.6 Å². The van der Waals surface area contributed by atoms with Crippen molar-refractivity contribution in [3.8, 4) is 0 Å². The second kappa shape index (κ2) is 6.52. The average Bonchev–Trinajstić information content (AvgIpc) is 2.44. The molecule has 0 bridgehead atoms. The van der Waals surface area contributed by atoms with Crippen LogP contribution in [0.15, 0.2) is 30.3 Å². The van der Waals surface area contributed by atoms with Gasteiger partial charge < -0.3 is 0 Å². The number of halogens is 3. The average molecular weight is 311 g/mol. The van der Waals surface area contributed by atoms with Crippen LogP contribution in [0.25, 0.3) is 0 Å². The predicted molar refractivity (Wildman–Crippen MR) is 81.1 cm³/mol. The maximum atomic E-state index is 14.2. The molecule has 2 rings (SSSR count). The fraction of sp³-hybridized carbons (Fsp3) is 0.250. The highest BCUT2D eigenvalue weighted by Crippen LogP contribution is 2.28. The summed E-state index contributed by atoms with van der Waals surface area (Å²) in [5.74, 6) is 4.29. The third-order valence-corrected chi connectivity index (χ3v) is 3.85. The first-order valence-electron chi connectivity index (χ1n) is 6.59. The van der Waals surface area contributed by atoms with E-state index in [0.717, 1.165) is 11.1 Å². The summed E-state index contributed by atoms with van der Waals surface area (Å²) in [5.41, 5.74) is 4.60. The lowest BCUT2D eigenvalue weighted by atomic mass is 9.96. The lowest BCUT2D eigenvalue weighted by molar-refractivity contribution is 0.470. The normalized spacial score (nSPS) is 12.5. The molecule has 0 aliphatic carbocycles. The van der Waals surface area contributed by atoms with E-state index in [1.165, 1.54) is 12.1 Å². The van der Waals surface area contributed by atoms with Crippen LogP contribution in [0.1, 0.15) is 28.3 Å². The first kappa shape index (κ1) is 15.9. The molecular formula is C16H17ClF2N2. The van der Waals surface area contributed by atoms with Crippen molar-refractivity contribution in [2.75, 3.05) is 0 Å². The van der Waals surface area contributed by atoms with Crippen LogP contribution in [0.3, 0.4) is 0 Å². The SMILES string of the molecule is Cc1ccc(CC(NN)c2c(F)ccc(C)c2F)c(Cl)c1. The number of hydrazine groups is 1. The lowest BCUT2D eigenvalue weighted by Crippen LogP contribution is -2.31. The maximum Gasteiger partial charge on any atom is 0.133 e. The molecule has 5 heteroatoms. The molecule has 2 aromatic carbocycles. The van der Waals surface area contributed by atoms with E-state index < -0.39 is 17.7 Å². The van der Waals surface area contributed by atoms with E-state index in [-0.39, 0.29) is 5.56 Å². The quantitative estimate of drug-likeness (QED) is 0.662. The molecule has 1 atom stereocenters. The van der Waals surface area contributed by atoms with Gasteiger partial charge in [0, 0.05) is 10.6 Å². The highest BCUT2D eigenvalue weighted by molar-refractivity contribution is 6.31. The number of nitrogens with two attached hydrogens (primary N) is 1. The molecule has 0 saturated heterocycles. The molecule has 3 N–H and O–H groups in total. The third-order valence-electron chi connectivity index (χ3n) is 3.50. The largest absolute Gasteiger partial charge is 0.271 e. The standard InChI is InChI=1S/C16H17ClF2N2/c1-9-3-5-11(12(17)7-9)8-14(21-20)15-13(18)6-4-10(2)16(15)19/h3-7,14,21H,8,20H2,1-2H3. The Morgan fingerprint density at radius 1 is 1.19 bits per heavy atom. The Balaban J connectivity index is 2.39. The Hall–Kier alpha value is -1.49. The Morgan fingerprint density at radius 3 is 2.52 bits per heavy atom. The van der Waals surface area contributed by atoms with Gasteiger partial charge in [0.2, 0.25) is 0 Å². The smallest absolute Gasteiger partial charge is 0.133 e. The van der Waals surface area contributed by atoms with E-state index in [0.29, 0.717) is 17.0 Å². The fourth-order valence-electron chi connectivity index (χ4n) is 2.28. The topological polar surface area (TPSA) is 38.0 Å². The summed E-state index contributed by atoms with van der Waals surface area (Å²) in [6.45, 7) is 3.51. The molecule has 0 fully saturated rings. The molecule has 0 saturated carbocycles. The summed E-state index contributed by atoms with van der Waals surface area (Å²) >= 11 is 6.17. The van der Waals surface area contributed by atoms with Gasteiger partial charge in [-0.05, 0) is 49.1 Å². The van der Waals surface area contributed by atoms with E-state index in [4.69, 9.17) is 17.4 Å². The predicted octanol–water partition coefficient (Wildman–Crippen LogP) is 3.98. The van der Waals surface area contributed by atoms with Crippen molar-refractivity contribution in [1.82, 2.24) is 5.43 Å². The van der Waals surface area contributed by atoms with Gasteiger partial charge in [0.05, 0.1) is 6.04 Å². The van der Waals surface area contributed by atoms with E-state index >= 15 is 0 Å². The first-order chi connectivity index (χ1) is 9.93. The van der Waals surface area contributed by atoms with Gasteiger partial charge in [-0.25, -0.2) is 8.78 Å². The van der Waals surface area contributed by atoms with E-state index in [2.05, 4.69) is 5.43 Å². The molecular weight excluding hydrogens is 294 g/mol. The van der Waals surface area contributed by atoms with Crippen LogP contribution in [0, 0.1) is 25.5 Å². The highest BCUT2D eigenvalue weighted by Gasteiger charge is 2.21. The minimum atomic E-state index is -0.690. The maximum absolute atomic E-state index is 14.2. The van der Waals surface area contributed by atoms with Gasteiger partial charge in [0.15, 0.2) is 0 Å². The van der Waals surface area contributed by atoms with Crippen molar-refractivity contribution in [2.45, 2.75) is 26.3 Å². The molecule has 0 radical (unpaired) electrons. The van der Waals surface area contributed by atoms with Crippen molar-refractivity contribution in [3.05, 3.63) is 69.2 Å². The van der Waals surface area contributed by atoms with Crippen molar-refractivity contribution in [2.24, 2.45) is 5.84 Å². The van der Waals surface area contributed by atoms with Crippen LogP contribution in [-0.2, 0) is 6.42 Å². The molecule has 2 nitrogen and oxygen atoms in total. The Morgan fingerprint density at radius 2 is 1.90 bits per heavy atom. The summed E-state index contributed by atoms with van der Waals surface area (Å²) in [6.07, 6.45) is 0.299. The van der Waals surface area contributed by atoms with Gasteiger partial charge in [-0.3, -0.25) is 11.3 Å². The van der Waals surface area contributed by atoms with Crippen molar-refractivity contribution < 1.29 is 8.78 Å². The number of aryl methyl sites for hydroxylation is 2. The third kappa shape index (κ3) is 3.40. The number of rotatable bonds is 4. The summed E-state index contributed by atoms with van der Waals surface area (Å²) in [7, 11) is 0. The zero-order valence-electron chi connectivity index (χ0n) is 11.9. The molecule has 112 valence electrons. The van der Waals surface area contributed by atoms with Gasteiger partial charge in [-0.2, -0.15) is 0 Å². The van der Waals surface area contributed by atoms with Gasteiger partial charge in [-0.15, -0.1) is 0 Å². The van der Waals surface area contributed by atoms with Crippen LogP contribution in [0.4, 0.5) is 8.78 Å². The number of hydrogen-bond acceptors (Lipinski definition) is 2. The van der Waals surface area contributed by atoms with E-state index in [1.807, 2.05) is 25.1 Å². The molecule has 21 heavy (non-hydrogen) atoms. The zero-order chi connectivity index (χ0) is 15.6. The molecule has 0 aliphatic rings. The monoisotopic (exact) mass is 310 g/mol. The number of nitrogens with one attached hydrogen (secondary N) is 1. The molecule has 2 aromatic rings. The Labute approximate surface area is 127 Å². The molecule has 0 amide bonds. The van der Waals surface area contributed by atoms with Crippen LogP contribution >= 0.6 is 11.6 Å². The summed E-state index contributed by atoms with van der Waals surface area (Å²) in [5, 5.41) is 0.559. The first-order valence-corrected chi connectivity index (χ1v) is 6.97. The second-order valence-electron chi connectivity index (χ2n) is 5.11. The summed E-state index contributed by atoms with van der Waals surface area (Å²) in [6, 6.07) is 7.51. The van der Waals surface area contributed by atoms with Gasteiger partial charge in [-0.1, -0.05) is 29.8 Å². The number of hydrogen-bond donors (Lipinski definition) is 2. The highest BCUT2D eigenvalue weighted by atomic mass is 35.5.